The van der Waals surface area contributed by atoms with Crippen molar-refractivity contribution in [2.45, 2.75) is 26.9 Å². The molecule has 104 valence electrons. The summed E-state index contributed by atoms with van der Waals surface area (Å²) in [6.45, 7) is 5.24. The minimum atomic E-state index is 0. The summed E-state index contributed by atoms with van der Waals surface area (Å²) < 4.78 is 5.42. The van der Waals surface area contributed by atoms with Gasteiger partial charge in [-0.2, -0.15) is 0 Å². The first-order chi connectivity index (χ1) is 8.61. The Bertz CT molecular complexity index is 541. The molecule has 0 aliphatic rings. The largest absolute Gasteiger partial charge is 0.407 e. The van der Waals surface area contributed by atoms with Gasteiger partial charge in [0.15, 0.2) is 0 Å². The van der Waals surface area contributed by atoms with Gasteiger partial charge >= 0.3 is 6.01 Å². The highest BCUT2D eigenvalue weighted by atomic mass is 35.5. The third-order valence-corrected chi connectivity index (χ3v) is 3.08. The second-order valence-electron chi connectivity index (χ2n) is 4.40. The van der Waals surface area contributed by atoms with Crippen LogP contribution in [0, 0.1) is 13.8 Å². The van der Waals surface area contributed by atoms with Crippen LogP contribution in [-0.4, -0.2) is 17.2 Å². The smallest absolute Gasteiger partial charge is 0.318 e. The zero-order valence-corrected chi connectivity index (χ0v) is 12.2. The van der Waals surface area contributed by atoms with E-state index >= 15 is 0 Å². The van der Waals surface area contributed by atoms with Crippen LogP contribution in [0.3, 0.4) is 0 Å². The van der Waals surface area contributed by atoms with Crippen LogP contribution in [0.4, 0.5) is 6.01 Å². The maximum atomic E-state index is 5.45. The number of hydrogen-bond donors (Lipinski definition) is 1. The van der Waals surface area contributed by atoms with E-state index in [1.807, 2.05) is 11.9 Å². The van der Waals surface area contributed by atoms with Gasteiger partial charge in [0.05, 0.1) is 6.54 Å². The van der Waals surface area contributed by atoms with E-state index in [-0.39, 0.29) is 19.0 Å². The lowest BCUT2D eigenvalue weighted by Gasteiger charge is -2.16. The zero-order chi connectivity index (χ0) is 13.1. The van der Waals surface area contributed by atoms with E-state index in [1.165, 1.54) is 16.7 Å². The maximum absolute atomic E-state index is 5.45. The molecule has 1 heterocycles. The first-order valence-electron chi connectivity index (χ1n) is 5.90. The Morgan fingerprint density at radius 1 is 1.26 bits per heavy atom. The number of nitrogens with zero attached hydrogens (tertiary/aromatic N) is 3. The Balaban J connectivity index is 0.00000180. The highest BCUT2D eigenvalue weighted by Gasteiger charge is 2.11. The number of aryl methyl sites for hydroxylation is 1. The second-order valence-corrected chi connectivity index (χ2v) is 4.40. The van der Waals surface area contributed by atoms with Crippen LogP contribution in [0.5, 0.6) is 0 Å². The van der Waals surface area contributed by atoms with Gasteiger partial charge in [-0.15, -0.1) is 17.5 Å². The Kier molecular flexibility index (Phi) is 5.32. The number of anilines is 1. The van der Waals surface area contributed by atoms with Crippen molar-refractivity contribution in [1.29, 1.82) is 0 Å². The number of nitrogens with two attached hydrogens (primary N) is 1. The molecule has 19 heavy (non-hydrogen) atoms. The molecule has 0 aliphatic heterocycles. The van der Waals surface area contributed by atoms with Crippen molar-refractivity contribution < 1.29 is 4.42 Å². The van der Waals surface area contributed by atoms with E-state index in [9.17, 15) is 0 Å². The van der Waals surface area contributed by atoms with E-state index in [4.69, 9.17) is 10.2 Å². The predicted octanol–water partition coefficient (Wildman–Crippen LogP) is 2.20. The summed E-state index contributed by atoms with van der Waals surface area (Å²) in [6, 6.07) is 6.78. The number of aromatic nitrogens is 2. The predicted molar refractivity (Wildman–Crippen MR) is 77.5 cm³/mol. The van der Waals surface area contributed by atoms with Crippen molar-refractivity contribution in [2.24, 2.45) is 5.73 Å². The average Bonchev–Trinajstić information content (AvgIpc) is 2.83. The fourth-order valence-corrected chi connectivity index (χ4v) is 1.79. The Hall–Kier alpha value is -1.59. The number of rotatable bonds is 4. The van der Waals surface area contributed by atoms with Gasteiger partial charge < -0.3 is 15.1 Å². The summed E-state index contributed by atoms with van der Waals surface area (Å²) in [7, 11) is 1.93. The first kappa shape index (κ1) is 15.5. The third-order valence-electron chi connectivity index (χ3n) is 3.08. The van der Waals surface area contributed by atoms with Crippen molar-refractivity contribution in [3.8, 4) is 0 Å². The molecule has 1 aromatic heterocycles. The number of halogens is 1. The molecule has 1 aromatic carbocycles. The average molecular weight is 283 g/mol. The van der Waals surface area contributed by atoms with E-state index < -0.39 is 0 Å². The van der Waals surface area contributed by atoms with Crippen LogP contribution in [0.25, 0.3) is 0 Å². The van der Waals surface area contributed by atoms with Gasteiger partial charge in [-0.25, -0.2) is 0 Å². The van der Waals surface area contributed by atoms with Crippen molar-refractivity contribution in [2.75, 3.05) is 11.9 Å². The van der Waals surface area contributed by atoms with Gasteiger partial charge in [-0.3, -0.25) is 0 Å². The minimum absolute atomic E-state index is 0. The fourth-order valence-electron chi connectivity index (χ4n) is 1.79. The maximum Gasteiger partial charge on any atom is 0.318 e. The highest BCUT2D eigenvalue weighted by Crippen LogP contribution is 2.18. The van der Waals surface area contributed by atoms with Crippen molar-refractivity contribution in [3.05, 3.63) is 40.8 Å². The van der Waals surface area contributed by atoms with E-state index in [0.717, 1.165) is 6.54 Å². The van der Waals surface area contributed by atoms with Crippen molar-refractivity contribution >= 4 is 18.4 Å². The van der Waals surface area contributed by atoms with Gasteiger partial charge in [0, 0.05) is 13.6 Å². The van der Waals surface area contributed by atoms with E-state index in [0.29, 0.717) is 11.9 Å². The normalized spacial score (nSPS) is 10.1. The van der Waals surface area contributed by atoms with E-state index in [2.05, 4.69) is 42.2 Å². The molecule has 2 N–H and O–H groups in total. The van der Waals surface area contributed by atoms with Crippen LogP contribution in [0.1, 0.15) is 22.6 Å². The quantitative estimate of drug-likeness (QED) is 0.931. The topological polar surface area (TPSA) is 68.2 Å². The Morgan fingerprint density at radius 3 is 2.63 bits per heavy atom. The summed E-state index contributed by atoms with van der Waals surface area (Å²) in [5.74, 6) is 0.456. The minimum Gasteiger partial charge on any atom is -0.407 e. The molecular formula is C13H19ClN4O. The lowest BCUT2D eigenvalue weighted by Crippen LogP contribution is -2.17. The van der Waals surface area contributed by atoms with Crippen LogP contribution in [0.2, 0.25) is 0 Å². The lowest BCUT2D eigenvalue weighted by atomic mass is 10.0. The highest BCUT2D eigenvalue weighted by molar-refractivity contribution is 5.85. The molecule has 2 aromatic rings. The molecule has 0 atom stereocenters. The molecule has 2 rings (SSSR count). The number of hydrogen-bond acceptors (Lipinski definition) is 5. The summed E-state index contributed by atoms with van der Waals surface area (Å²) in [6.07, 6.45) is 0. The zero-order valence-electron chi connectivity index (χ0n) is 11.4. The van der Waals surface area contributed by atoms with Crippen LogP contribution in [-0.2, 0) is 13.1 Å². The number of benzene rings is 1. The summed E-state index contributed by atoms with van der Waals surface area (Å²) in [5.41, 5.74) is 9.28. The fraction of sp³-hybridized carbons (Fsp3) is 0.385. The standard InChI is InChI=1S/C13H18N4O.ClH/c1-9-5-4-6-11(10(9)2)8-17(3)13-16-15-12(7-14)18-13;/h4-6H,7-8,14H2,1-3H3;1H. The monoisotopic (exact) mass is 282 g/mol. The van der Waals surface area contributed by atoms with Gasteiger partial charge in [0.1, 0.15) is 0 Å². The summed E-state index contributed by atoms with van der Waals surface area (Å²) in [5, 5.41) is 7.82. The molecule has 6 heteroatoms. The van der Waals surface area contributed by atoms with Crippen LogP contribution in [0.15, 0.2) is 22.6 Å². The molecule has 0 spiro atoms. The molecule has 0 saturated carbocycles. The van der Waals surface area contributed by atoms with Gasteiger partial charge in [-0.05, 0) is 30.5 Å². The van der Waals surface area contributed by atoms with Crippen molar-refractivity contribution in [3.63, 3.8) is 0 Å². The SMILES string of the molecule is Cc1cccc(CN(C)c2nnc(CN)o2)c1C.Cl. The molecule has 5 nitrogen and oxygen atoms in total. The molecule has 0 saturated heterocycles. The third kappa shape index (κ3) is 3.45. The van der Waals surface area contributed by atoms with Gasteiger partial charge in [-0.1, -0.05) is 23.3 Å². The van der Waals surface area contributed by atoms with Crippen LogP contribution < -0.4 is 10.6 Å². The van der Waals surface area contributed by atoms with E-state index in [1.54, 1.807) is 0 Å². The lowest BCUT2D eigenvalue weighted by molar-refractivity contribution is 0.491. The Labute approximate surface area is 119 Å². The summed E-state index contributed by atoms with van der Waals surface area (Å²) in [4.78, 5) is 1.92. The van der Waals surface area contributed by atoms with Crippen LogP contribution >= 0.6 is 12.4 Å². The molecule has 0 aliphatic carbocycles. The summed E-state index contributed by atoms with van der Waals surface area (Å²) >= 11 is 0. The van der Waals surface area contributed by atoms with Gasteiger partial charge in [0.2, 0.25) is 5.89 Å². The molecule has 0 radical (unpaired) electrons. The van der Waals surface area contributed by atoms with Crippen molar-refractivity contribution in [1.82, 2.24) is 10.2 Å². The first-order valence-corrected chi connectivity index (χ1v) is 5.90. The molecule has 0 fully saturated rings. The second kappa shape index (κ2) is 6.54. The Morgan fingerprint density at radius 2 is 2.00 bits per heavy atom. The molecule has 0 unspecified atom stereocenters. The molecule has 0 amide bonds. The molecular weight excluding hydrogens is 264 g/mol. The molecule has 0 bridgehead atoms. The van der Waals surface area contributed by atoms with Gasteiger partial charge in [0.25, 0.3) is 0 Å².